The van der Waals surface area contributed by atoms with Gasteiger partial charge >= 0.3 is 0 Å². The number of amides is 1. The topological polar surface area (TPSA) is 58.8 Å². The molecule has 1 amide bonds. The molecule has 2 heterocycles. The average molecular weight is 372 g/mol. The Morgan fingerprint density at radius 2 is 2.00 bits per heavy atom. The molecule has 2 atom stereocenters. The van der Waals surface area contributed by atoms with Crippen LogP contribution in [-0.4, -0.2) is 49.6 Å². The Hall–Kier alpha value is -2.24. The van der Waals surface area contributed by atoms with E-state index in [1.807, 2.05) is 40.1 Å². The second-order valence-corrected chi connectivity index (χ2v) is 7.30. The summed E-state index contributed by atoms with van der Waals surface area (Å²) in [4.78, 5) is 16.8. The fraction of sp³-hybridized carbons (Fsp3) is 0.350. The van der Waals surface area contributed by atoms with Crippen LogP contribution in [0.1, 0.15) is 11.5 Å². The zero-order valence-electron chi connectivity index (χ0n) is 14.5. The first kappa shape index (κ1) is 17.2. The van der Waals surface area contributed by atoms with Crippen LogP contribution >= 0.6 is 11.6 Å². The minimum atomic E-state index is -0.0345. The predicted molar refractivity (Wildman–Crippen MR) is 103 cm³/mol. The number of ether oxygens (including phenoxy) is 1. The second kappa shape index (κ2) is 7.17. The zero-order chi connectivity index (χ0) is 18.1. The quantitative estimate of drug-likeness (QED) is 0.900. The molecule has 0 aliphatic carbocycles. The van der Waals surface area contributed by atoms with Crippen molar-refractivity contribution in [2.24, 2.45) is 5.73 Å². The molecule has 0 spiro atoms. The third-order valence-corrected chi connectivity index (χ3v) is 5.39. The van der Waals surface area contributed by atoms with Gasteiger partial charge in [-0.15, -0.1) is 0 Å². The fourth-order valence-electron chi connectivity index (χ4n) is 3.76. The third-order valence-electron chi connectivity index (χ3n) is 5.15. The van der Waals surface area contributed by atoms with Gasteiger partial charge in [0, 0.05) is 30.1 Å². The first-order chi connectivity index (χ1) is 12.6. The number of halogens is 1. The Kier molecular flexibility index (Phi) is 4.74. The molecule has 136 valence electrons. The summed E-state index contributed by atoms with van der Waals surface area (Å²) in [7, 11) is 0. The maximum absolute atomic E-state index is 12.9. The maximum Gasteiger partial charge on any atom is 0.242 e. The summed E-state index contributed by atoms with van der Waals surface area (Å²) < 4.78 is 5.66. The van der Waals surface area contributed by atoms with Gasteiger partial charge < -0.3 is 20.3 Å². The Bertz CT molecular complexity index is 799. The molecular formula is C20H22ClN3O2. The van der Waals surface area contributed by atoms with E-state index in [0.717, 1.165) is 11.4 Å². The zero-order valence-corrected chi connectivity index (χ0v) is 15.2. The molecule has 5 nitrogen and oxygen atoms in total. The van der Waals surface area contributed by atoms with E-state index < -0.39 is 0 Å². The van der Waals surface area contributed by atoms with E-state index >= 15 is 0 Å². The van der Waals surface area contributed by atoms with Crippen molar-refractivity contribution in [1.82, 2.24) is 4.90 Å². The van der Waals surface area contributed by atoms with Crippen molar-refractivity contribution in [2.75, 3.05) is 37.7 Å². The van der Waals surface area contributed by atoms with Gasteiger partial charge in [0.2, 0.25) is 5.91 Å². The van der Waals surface area contributed by atoms with Crippen LogP contribution in [0.3, 0.4) is 0 Å². The van der Waals surface area contributed by atoms with Crippen molar-refractivity contribution >= 4 is 23.2 Å². The smallest absolute Gasteiger partial charge is 0.242 e. The van der Waals surface area contributed by atoms with Crippen LogP contribution in [0.15, 0.2) is 48.5 Å². The molecule has 2 aromatic rings. The van der Waals surface area contributed by atoms with Gasteiger partial charge in [-0.2, -0.15) is 0 Å². The highest BCUT2D eigenvalue weighted by atomic mass is 35.5. The van der Waals surface area contributed by atoms with Crippen molar-refractivity contribution in [3.8, 4) is 5.75 Å². The van der Waals surface area contributed by atoms with Crippen LogP contribution in [0.25, 0.3) is 0 Å². The molecule has 2 aliphatic heterocycles. The van der Waals surface area contributed by atoms with Crippen LogP contribution in [-0.2, 0) is 4.79 Å². The van der Waals surface area contributed by atoms with Crippen LogP contribution in [0.5, 0.6) is 5.75 Å². The minimum absolute atomic E-state index is 0.0345. The SMILES string of the molecule is N[C@@H]1CN(C(=O)CN2CCOc3ccc(Cl)cc32)C[C@H]1c1ccccc1. The Balaban J connectivity index is 1.46. The highest BCUT2D eigenvalue weighted by Gasteiger charge is 2.34. The Labute approximate surface area is 158 Å². The predicted octanol–water partition coefficient (Wildman–Crippen LogP) is 2.49. The van der Waals surface area contributed by atoms with Crippen LogP contribution in [0.4, 0.5) is 5.69 Å². The first-order valence-electron chi connectivity index (χ1n) is 8.87. The van der Waals surface area contributed by atoms with E-state index in [0.29, 0.717) is 37.8 Å². The van der Waals surface area contributed by atoms with E-state index in [2.05, 4.69) is 12.1 Å². The first-order valence-corrected chi connectivity index (χ1v) is 9.25. The maximum atomic E-state index is 12.9. The molecular weight excluding hydrogens is 350 g/mol. The number of fused-ring (bicyclic) bond motifs is 1. The molecule has 1 fully saturated rings. The molecule has 0 saturated carbocycles. The molecule has 0 unspecified atom stereocenters. The van der Waals surface area contributed by atoms with Crippen molar-refractivity contribution in [1.29, 1.82) is 0 Å². The molecule has 0 bridgehead atoms. The molecule has 2 aliphatic rings. The van der Waals surface area contributed by atoms with Crippen molar-refractivity contribution < 1.29 is 9.53 Å². The summed E-state index contributed by atoms with van der Waals surface area (Å²) in [6, 6.07) is 15.7. The molecule has 4 rings (SSSR count). The van der Waals surface area contributed by atoms with E-state index in [9.17, 15) is 4.79 Å². The average Bonchev–Trinajstić information content (AvgIpc) is 3.05. The van der Waals surface area contributed by atoms with Gasteiger partial charge in [0.1, 0.15) is 12.4 Å². The lowest BCUT2D eigenvalue weighted by Gasteiger charge is -2.32. The van der Waals surface area contributed by atoms with Crippen LogP contribution in [0, 0.1) is 0 Å². The number of likely N-dealkylation sites (tertiary alicyclic amines) is 1. The van der Waals surface area contributed by atoms with Crippen molar-refractivity contribution in [3.05, 3.63) is 59.1 Å². The Morgan fingerprint density at radius 3 is 2.81 bits per heavy atom. The minimum Gasteiger partial charge on any atom is -0.490 e. The van der Waals surface area contributed by atoms with Gasteiger partial charge in [-0.25, -0.2) is 0 Å². The number of nitrogens with two attached hydrogens (primary N) is 1. The number of carbonyl (C=O) groups excluding carboxylic acids is 1. The number of rotatable bonds is 3. The van der Waals surface area contributed by atoms with Gasteiger partial charge in [-0.3, -0.25) is 4.79 Å². The number of benzene rings is 2. The molecule has 2 aromatic carbocycles. The molecule has 1 saturated heterocycles. The van der Waals surface area contributed by atoms with E-state index in [-0.39, 0.29) is 17.9 Å². The number of hydrogen-bond acceptors (Lipinski definition) is 4. The molecule has 0 aromatic heterocycles. The molecule has 26 heavy (non-hydrogen) atoms. The third kappa shape index (κ3) is 3.37. The number of hydrogen-bond donors (Lipinski definition) is 1. The summed E-state index contributed by atoms with van der Waals surface area (Å²) in [6.07, 6.45) is 0. The summed E-state index contributed by atoms with van der Waals surface area (Å²) in [5.74, 6) is 1.05. The monoisotopic (exact) mass is 371 g/mol. The summed E-state index contributed by atoms with van der Waals surface area (Å²) >= 11 is 6.12. The number of nitrogens with zero attached hydrogens (tertiary/aromatic N) is 2. The molecule has 6 heteroatoms. The van der Waals surface area contributed by atoms with Gasteiger partial charge in [-0.05, 0) is 23.8 Å². The van der Waals surface area contributed by atoms with E-state index in [1.165, 1.54) is 5.56 Å². The van der Waals surface area contributed by atoms with E-state index in [4.69, 9.17) is 22.1 Å². The number of anilines is 1. The van der Waals surface area contributed by atoms with Crippen molar-refractivity contribution in [3.63, 3.8) is 0 Å². The van der Waals surface area contributed by atoms with Gasteiger partial charge in [-0.1, -0.05) is 41.9 Å². The fourth-order valence-corrected chi connectivity index (χ4v) is 3.93. The highest BCUT2D eigenvalue weighted by molar-refractivity contribution is 6.31. The van der Waals surface area contributed by atoms with Crippen molar-refractivity contribution in [2.45, 2.75) is 12.0 Å². The molecule has 0 radical (unpaired) electrons. The van der Waals surface area contributed by atoms with Gasteiger partial charge in [0.25, 0.3) is 0 Å². The number of carbonyl (C=O) groups is 1. The van der Waals surface area contributed by atoms with Crippen LogP contribution < -0.4 is 15.4 Å². The second-order valence-electron chi connectivity index (χ2n) is 6.86. The molecule has 2 N–H and O–H groups in total. The lowest BCUT2D eigenvalue weighted by atomic mass is 9.95. The Morgan fingerprint density at radius 1 is 1.19 bits per heavy atom. The lowest BCUT2D eigenvalue weighted by molar-refractivity contribution is -0.128. The summed E-state index contributed by atoms with van der Waals surface area (Å²) in [5.41, 5.74) is 8.39. The summed E-state index contributed by atoms with van der Waals surface area (Å²) in [6.45, 7) is 2.79. The largest absolute Gasteiger partial charge is 0.490 e. The van der Waals surface area contributed by atoms with Gasteiger partial charge in [0.05, 0.1) is 18.8 Å². The van der Waals surface area contributed by atoms with Gasteiger partial charge in [0.15, 0.2) is 0 Å². The summed E-state index contributed by atoms with van der Waals surface area (Å²) in [5, 5.41) is 0.638. The van der Waals surface area contributed by atoms with E-state index in [1.54, 1.807) is 6.07 Å². The standard InChI is InChI=1S/C20H22ClN3O2/c21-15-6-7-19-18(10-15)23(8-9-26-19)13-20(25)24-11-16(17(22)12-24)14-4-2-1-3-5-14/h1-7,10,16-17H,8-9,11-13,22H2/t16-,17+/m0/s1. The van der Waals surface area contributed by atoms with Crippen LogP contribution in [0.2, 0.25) is 5.02 Å². The highest BCUT2D eigenvalue weighted by Crippen LogP contribution is 2.34. The normalized spacial score (nSPS) is 22.1. The lowest BCUT2D eigenvalue weighted by Crippen LogP contribution is -2.43.